The first kappa shape index (κ1) is 14.5. The predicted octanol–water partition coefficient (Wildman–Crippen LogP) is 3.01. The van der Waals surface area contributed by atoms with Gasteiger partial charge in [-0.15, -0.1) is 0 Å². The van der Waals surface area contributed by atoms with Gasteiger partial charge in [-0.25, -0.2) is 0 Å². The van der Waals surface area contributed by atoms with Gasteiger partial charge in [-0.1, -0.05) is 15.9 Å². The van der Waals surface area contributed by atoms with Gasteiger partial charge in [0.2, 0.25) is 0 Å². The molecule has 1 fully saturated rings. The van der Waals surface area contributed by atoms with Gasteiger partial charge in [0.25, 0.3) is 5.91 Å². The third kappa shape index (κ3) is 3.80. The van der Waals surface area contributed by atoms with Crippen LogP contribution in [-0.4, -0.2) is 48.4 Å². The number of rotatable bonds is 4. The van der Waals surface area contributed by atoms with Crippen molar-refractivity contribution in [3.8, 4) is 0 Å². The molecule has 1 amide bonds. The summed E-state index contributed by atoms with van der Waals surface area (Å²) >= 11 is 3.39. The van der Waals surface area contributed by atoms with E-state index in [4.69, 9.17) is 0 Å². The molecule has 19 heavy (non-hydrogen) atoms. The molecule has 0 N–H and O–H groups in total. The van der Waals surface area contributed by atoms with Gasteiger partial charge in [0.1, 0.15) is 0 Å². The molecule has 3 nitrogen and oxygen atoms in total. The number of hydrogen-bond acceptors (Lipinski definition) is 2. The summed E-state index contributed by atoms with van der Waals surface area (Å²) in [5.74, 6) is 0.0965. The molecule has 104 valence electrons. The standard InChI is InChI=1S/C15H21BrN2O/c1-12(11-18-9-3-4-10-18)17(2)15(19)13-5-7-14(16)8-6-13/h5-8,12H,3-4,9-11H2,1-2H3/t12-/m0/s1. The van der Waals surface area contributed by atoms with Crippen molar-refractivity contribution >= 4 is 21.8 Å². The highest BCUT2D eigenvalue weighted by molar-refractivity contribution is 9.10. The zero-order valence-electron chi connectivity index (χ0n) is 11.6. The minimum absolute atomic E-state index is 0.0965. The smallest absolute Gasteiger partial charge is 0.253 e. The molecule has 1 aliphatic rings. The van der Waals surface area contributed by atoms with E-state index in [0.29, 0.717) is 0 Å². The number of carbonyl (C=O) groups excluding carboxylic acids is 1. The molecule has 1 heterocycles. The molecule has 0 bridgehead atoms. The molecule has 1 saturated heterocycles. The van der Waals surface area contributed by atoms with Crippen molar-refractivity contribution in [1.82, 2.24) is 9.80 Å². The average Bonchev–Trinajstić information content (AvgIpc) is 2.90. The van der Waals surface area contributed by atoms with E-state index in [2.05, 4.69) is 27.8 Å². The molecule has 1 atom stereocenters. The zero-order chi connectivity index (χ0) is 13.8. The van der Waals surface area contributed by atoms with Crippen molar-refractivity contribution in [2.24, 2.45) is 0 Å². The maximum atomic E-state index is 12.4. The first-order valence-corrected chi connectivity index (χ1v) is 7.62. The van der Waals surface area contributed by atoms with Gasteiger partial charge in [0, 0.05) is 29.7 Å². The summed E-state index contributed by atoms with van der Waals surface area (Å²) in [4.78, 5) is 16.7. The van der Waals surface area contributed by atoms with E-state index in [1.165, 1.54) is 25.9 Å². The van der Waals surface area contributed by atoms with Crippen LogP contribution < -0.4 is 0 Å². The number of nitrogens with zero attached hydrogens (tertiary/aromatic N) is 2. The normalized spacial score (nSPS) is 17.4. The largest absolute Gasteiger partial charge is 0.338 e. The molecule has 0 aliphatic carbocycles. The highest BCUT2D eigenvalue weighted by Gasteiger charge is 2.21. The van der Waals surface area contributed by atoms with E-state index in [1.807, 2.05) is 36.2 Å². The van der Waals surface area contributed by atoms with Crippen LogP contribution in [0.1, 0.15) is 30.1 Å². The lowest BCUT2D eigenvalue weighted by molar-refractivity contribution is 0.0714. The Morgan fingerprint density at radius 3 is 2.47 bits per heavy atom. The van der Waals surface area contributed by atoms with Crippen molar-refractivity contribution in [2.45, 2.75) is 25.8 Å². The number of halogens is 1. The Labute approximate surface area is 123 Å². The van der Waals surface area contributed by atoms with Gasteiger partial charge in [-0.2, -0.15) is 0 Å². The second-order valence-electron chi connectivity index (χ2n) is 5.28. The predicted molar refractivity (Wildman–Crippen MR) is 81.4 cm³/mol. The van der Waals surface area contributed by atoms with Crippen molar-refractivity contribution in [3.63, 3.8) is 0 Å². The fourth-order valence-corrected chi connectivity index (χ4v) is 2.72. The van der Waals surface area contributed by atoms with Crippen LogP contribution in [0.15, 0.2) is 28.7 Å². The van der Waals surface area contributed by atoms with Crippen molar-refractivity contribution in [1.29, 1.82) is 0 Å². The number of likely N-dealkylation sites (tertiary alicyclic amines) is 1. The Balaban J connectivity index is 1.95. The summed E-state index contributed by atoms with van der Waals surface area (Å²) in [6, 6.07) is 7.80. The lowest BCUT2D eigenvalue weighted by Crippen LogP contribution is -2.42. The van der Waals surface area contributed by atoms with Gasteiger partial charge >= 0.3 is 0 Å². The van der Waals surface area contributed by atoms with Gasteiger partial charge in [-0.3, -0.25) is 4.79 Å². The molecule has 1 aliphatic heterocycles. The quantitative estimate of drug-likeness (QED) is 0.850. The van der Waals surface area contributed by atoms with Gasteiger partial charge in [0.05, 0.1) is 0 Å². The first-order valence-electron chi connectivity index (χ1n) is 6.83. The third-order valence-corrected chi connectivity index (χ3v) is 4.32. The molecular weight excluding hydrogens is 304 g/mol. The molecule has 0 unspecified atom stereocenters. The second-order valence-corrected chi connectivity index (χ2v) is 6.20. The number of amides is 1. The first-order chi connectivity index (χ1) is 9.08. The average molecular weight is 325 g/mol. The summed E-state index contributed by atoms with van der Waals surface area (Å²) in [6.07, 6.45) is 2.58. The molecule has 1 aromatic carbocycles. The Morgan fingerprint density at radius 1 is 1.32 bits per heavy atom. The van der Waals surface area contributed by atoms with Crippen LogP contribution in [0.2, 0.25) is 0 Å². The number of benzene rings is 1. The van der Waals surface area contributed by atoms with E-state index in [-0.39, 0.29) is 11.9 Å². The summed E-state index contributed by atoms with van der Waals surface area (Å²) in [5.41, 5.74) is 0.749. The van der Waals surface area contributed by atoms with Crippen molar-refractivity contribution in [2.75, 3.05) is 26.7 Å². The highest BCUT2D eigenvalue weighted by Crippen LogP contribution is 2.14. The maximum Gasteiger partial charge on any atom is 0.253 e. The summed E-state index contributed by atoms with van der Waals surface area (Å²) in [5, 5.41) is 0. The topological polar surface area (TPSA) is 23.6 Å². The van der Waals surface area contributed by atoms with Crippen LogP contribution in [0.25, 0.3) is 0 Å². The summed E-state index contributed by atoms with van der Waals surface area (Å²) in [7, 11) is 1.89. The van der Waals surface area contributed by atoms with E-state index in [0.717, 1.165) is 16.6 Å². The highest BCUT2D eigenvalue weighted by atomic mass is 79.9. The van der Waals surface area contributed by atoms with Gasteiger partial charge in [0.15, 0.2) is 0 Å². The van der Waals surface area contributed by atoms with E-state index in [9.17, 15) is 4.79 Å². The summed E-state index contributed by atoms with van der Waals surface area (Å²) in [6.45, 7) is 5.43. The number of carbonyl (C=O) groups is 1. The van der Waals surface area contributed by atoms with Crippen LogP contribution in [-0.2, 0) is 0 Å². The molecule has 0 radical (unpaired) electrons. The molecule has 0 spiro atoms. The second kappa shape index (κ2) is 6.53. The fourth-order valence-electron chi connectivity index (χ4n) is 2.46. The van der Waals surface area contributed by atoms with Crippen molar-refractivity contribution in [3.05, 3.63) is 34.3 Å². The lowest BCUT2D eigenvalue weighted by atomic mass is 10.1. The zero-order valence-corrected chi connectivity index (χ0v) is 13.2. The van der Waals surface area contributed by atoms with E-state index >= 15 is 0 Å². The SMILES string of the molecule is C[C@@H](CN1CCCC1)N(C)C(=O)c1ccc(Br)cc1. The molecule has 0 aromatic heterocycles. The Morgan fingerprint density at radius 2 is 1.89 bits per heavy atom. The number of likely N-dealkylation sites (N-methyl/N-ethyl adjacent to an activating group) is 1. The molecule has 2 rings (SSSR count). The molecular formula is C15H21BrN2O. The molecule has 0 saturated carbocycles. The van der Waals surface area contributed by atoms with Gasteiger partial charge < -0.3 is 9.80 Å². The van der Waals surface area contributed by atoms with Crippen LogP contribution in [0.4, 0.5) is 0 Å². The molecule has 4 heteroatoms. The van der Waals surface area contributed by atoms with Crippen LogP contribution in [0.5, 0.6) is 0 Å². The van der Waals surface area contributed by atoms with Crippen LogP contribution in [0, 0.1) is 0 Å². The van der Waals surface area contributed by atoms with E-state index < -0.39 is 0 Å². The fraction of sp³-hybridized carbons (Fsp3) is 0.533. The molecule has 1 aromatic rings. The van der Waals surface area contributed by atoms with E-state index in [1.54, 1.807) is 0 Å². The van der Waals surface area contributed by atoms with Crippen LogP contribution >= 0.6 is 15.9 Å². The van der Waals surface area contributed by atoms with Crippen molar-refractivity contribution < 1.29 is 4.79 Å². The lowest BCUT2D eigenvalue weighted by Gasteiger charge is -2.28. The van der Waals surface area contributed by atoms with Gasteiger partial charge in [-0.05, 0) is 57.1 Å². The minimum atomic E-state index is 0.0965. The Kier molecular flexibility index (Phi) is 4.99. The minimum Gasteiger partial charge on any atom is -0.338 e. The summed E-state index contributed by atoms with van der Waals surface area (Å²) < 4.78 is 0.997. The Hall–Kier alpha value is -0.870. The monoisotopic (exact) mass is 324 g/mol. The number of hydrogen-bond donors (Lipinski definition) is 0. The Bertz CT molecular complexity index is 426. The third-order valence-electron chi connectivity index (χ3n) is 3.79. The van der Waals surface area contributed by atoms with Crippen LogP contribution in [0.3, 0.4) is 0 Å². The maximum absolute atomic E-state index is 12.4.